The van der Waals surface area contributed by atoms with Crippen molar-refractivity contribution in [2.24, 2.45) is 0 Å². The molecule has 0 radical (unpaired) electrons. The van der Waals surface area contributed by atoms with Crippen LogP contribution in [0.25, 0.3) is 5.65 Å². The fourth-order valence-corrected chi connectivity index (χ4v) is 2.41. The third-order valence-electron chi connectivity index (χ3n) is 3.25. The number of rotatable bonds is 5. The Labute approximate surface area is 127 Å². The van der Waals surface area contributed by atoms with E-state index < -0.39 is 0 Å². The van der Waals surface area contributed by atoms with Crippen molar-refractivity contribution in [2.75, 3.05) is 6.54 Å². The third-order valence-corrected chi connectivity index (χ3v) is 3.47. The van der Waals surface area contributed by atoms with Gasteiger partial charge in [-0.25, -0.2) is 9.37 Å². The van der Waals surface area contributed by atoms with Gasteiger partial charge in [-0.05, 0) is 42.8 Å². The van der Waals surface area contributed by atoms with Gasteiger partial charge in [0.1, 0.15) is 11.5 Å². The van der Waals surface area contributed by atoms with Crippen molar-refractivity contribution in [1.29, 1.82) is 0 Å². The molecule has 0 amide bonds. The van der Waals surface area contributed by atoms with Crippen LogP contribution in [0.15, 0.2) is 48.8 Å². The van der Waals surface area contributed by atoms with Crippen molar-refractivity contribution in [3.63, 3.8) is 0 Å². The smallest absolute Gasteiger partial charge is 0.137 e. The van der Waals surface area contributed by atoms with Crippen LogP contribution in [-0.2, 0) is 13.0 Å². The number of fused-ring (bicyclic) bond motifs is 1. The summed E-state index contributed by atoms with van der Waals surface area (Å²) >= 11 is 5.94. The van der Waals surface area contributed by atoms with Gasteiger partial charge in [-0.3, -0.25) is 0 Å². The Balaban J connectivity index is 1.54. The van der Waals surface area contributed by atoms with E-state index in [0.717, 1.165) is 29.9 Å². The first-order valence-electron chi connectivity index (χ1n) is 6.79. The summed E-state index contributed by atoms with van der Waals surface area (Å²) in [6.45, 7) is 1.45. The highest BCUT2D eigenvalue weighted by atomic mass is 35.5. The fraction of sp³-hybridized carbons (Fsp3) is 0.188. The molecule has 5 heteroatoms. The molecule has 1 N–H and O–H groups in total. The van der Waals surface area contributed by atoms with Crippen molar-refractivity contribution in [3.05, 3.63) is 70.9 Å². The Hall–Kier alpha value is -1.91. The highest BCUT2D eigenvalue weighted by molar-refractivity contribution is 6.30. The summed E-state index contributed by atoms with van der Waals surface area (Å²) in [5.74, 6) is -0.190. The molecule has 0 atom stereocenters. The Kier molecular flexibility index (Phi) is 4.18. The van der Waals surface area contributed by atoms with E-state index >= 15 is 0 Å². The zero-order valence-electron chi connectivity index (χ0n) is 11.4. The van der Waals surface area contributed by atoms with Crippen molar-refractivity contribution < 1.29 is 4.39 Å². The monoisotopic (exact) mass is 303 g/mol. The highest BCUT2D eigenvalue weighted by Crippen LogP contribution is 2.11. The lowest BCUT2D eigenvalue weighted by Crippen LogP contribution is -2.16. The van der Waals surface area contributed by atoms with Crippen LogP contribution in [0, 0.1) is 5.82 Å². The topological polar surface area (TPSA) is 29.3 Å². The molecule has 1 aromatic carbocycles. The molecular weight excluding hydrogens is 289 g/mol. The van der Waals surface area contributed by atoms with Crippen LogP contribution >= 0.6 is 11.6 Å². The minimum absolute atomic E-state index is 0.190. The van der Waals surface area contributed by atoms with E-state index in [4.69, 9.17) is 11.6 Å². The number of halogens is 2. The molecule has 2 aromatic heterocycles. The van der Waals surface area contributed by atoms with Gasteiger partial charge in [-0.2, -0.15) is 0 Å². The van der Waals surface area contributed by atoms with E-state index in [0.29, 0.717) is 11.6 Å². The maximum Gasteiger partial charge on any atom is 0.137 e. The van der Waals surface area contributed by atoms with Gasteiger partial charge in [0.2, 0.25) is 0 Å². The molecule has 21 heavy (non-hydrogen) atoms. The van der Waals surface area contributed by atoms with E-state index in [1.807, 2.05) is 35.0 Å². The predicted octanol–water partition coefficient (Wildman–Crippen LogP) is 3.46. The maximum atomic E-state index is 13.0. The van der Waals surface area contributed by atoms with E-state index in [9.17, 15) is 4.39 Å². The van der Waals surface area contributed by atoms with E-state index in [1.54, 1.807) is 12.1 Å². The molecule has 0 aliphatic heterocycles. The van der Waals surface area contributed by atoms with Gasteiger partial charge in [-0.1, -0.05) is 23.7 Å². The molecule has 3 aromatic rings. The van der Waals surface area contributed by atoms with Gasteiger partial charge in [0.05, 0.1) is 10.7 Å². The lowest BCUT2D eigenvalue weighted by atomic mass is 10.1. The standard InChI is InChI=1S/C16H15ClFN3/c17-13-4-5-16-20-15(11-21(16)10-13)9-19-7-6-12-2-1-3-14(18)8-12/h1-5,8,10-11,19H,6-7,9H2. The normalized spacial score (nSPS) is 11.1. The lowest BCUT2D eigenvalue weighted by molar-refractivity contribution is 0.622. The molecule has 108 valence electrons. The highest BCUT2D eigenvalue weighted by Gasteiger charge is 2.02. The van der Waals surface area contributed by atoms with Crippen LogP contribution in [0.5, 0.6) is 0 Å². The SMILES string of the molecule is Fc1cccc(CCNCc2cn3cc(Cl)ccc3n2)c1. The van der Waals surface area contributed by atoms with Crippen LogP contribution in [-0.4, -0.2) is 15.9 Å². The van der Waals surface area contributed by atoms with Gasteiger partial charge in [0, 0.05) is 18.9 Å². The van der Waals surface area contributed by atoms with Gasteiger partial charge in [-0.15, -0.1) is 0 Å². The van der Waals surface area contributed by atoms with Crippen LogP contribution in [0.2, 0.25) is 5.02 Å². The minimum atomic E-state index is -0.190. The minimum Gasteiger partial charge on any atom is -0.311 e. The number of nitrogens with zero attached hydrogens (tertiary/aromatic N) is 2. The molecule has 0 unspecified atom stereocenters. The molecule has 0 spiro atoms. The van der Waals surface area contributed by atoms with E-state index in [1.165, 1.54) is 6.07 Å². The second kappa shape index (κ2) is 6.24. The van der Waals surface area contributed by atoms with Gasteiger partial charge >= 0.3 is 0 Å². The number of imidazole rings is 1. The average molecular weight is 304 g/mol. The Morgan fingerprint density at radius 2 is 2.10 bits per heavy atom. The van der Waals surface area contributed by atoms with Gasteiger partial charge < -0.3 is 9.72 Å². The zero-order valence-corrected chi connectivity index (χ0v) is 12.1. The Morgan fingerprint density at radius 3 is 2.95 bits per heavy atom. The quantitative estimate of drug-likeness (QED) is 0.731. The molecule has 0 saturated carbocycles. The third kappa shape index (κ3) is 3.60. The molecule has 0 aliphatic carbocycles. The van der Waals surface area contributed by atoms with E-state index in [2.05, 4.69) is 10.3 Å². The van der Waals surface area contributed by atoms with Crippen molar-refractivity contribution in [2.45, 2.75) is 13.0 Å². The fourth-order valence-electron chi connectivity index (χ4n) is 2.24. The maximum absolute atomic E-state index is 13.0. The second-order valence-corrected chi connectivity index (χ2v) is 5.34. The molecule has 0 aliphatic rings. The molecule has 0 saturated heterocycles. The summed E-state index contributed by atoms with van der Waals surface area (Å²) in [6, 6.07) is 10.4. The number of pyridine rings is 1. The lowest BCUT2D eigenvalue weighted by Gasteiger charge is -2.03. The summed E-state index contributed by atoms with van der Waals surface area (Å²) < 4.78 is 15.0. The molecule has 0 bridgehead atoms. The first kappa shape index (κ1) is 14.0. The number of hydrogen-bond donors (Lipinski definition) is 1. The number of aromatic nitrogens is 2. The average Bonchev–Trinajstić information content (AvgIpc) is 2.85. The summed E-state index contributed by atoms with van der Waals surface area (Å²) in [5.41, 5.74) is 2.82. The molecular formula is C16H15ClFN3. The molecule has 0 fully saturated rings. The summed E-state index contributed by atoms with van der Waals surface area (Å²) in [7, 11) is 0. The van der Waals surface area contributed by atoms with E-state index in [-0.39, 0.29) is 5.82 Å². The first-order valence-corrected chi connectivity index (χ1v) is 7.17. The largest absolute Gasteiger partial charge is 0.311 e. The first-order chi connectivity index (χ1) is 10.2. The summed E-state index contributed by atoms with van der Waals surface area (Å²) in [5, 5.41) is 4.00. The molecule has 3 nitrogen and oxygen atoms in total. The van der Waals surface area contributed by atoms with Crippen LogP contribution in [0.3, 0.4) is 0 Å². The summed E-state index contributed by atoms with van der Waals surface area (Å²) in [6.07, 6.45) is 4.58. The molecule has 3 rings (SSSR count). The number of benzene rings is 1. The van der Waals surface area contributed by atoms with Gasteiger partial charge in [0.15, 0.2) is 0 Å². The Morgan fingerprint density at radius 1 is 1.19 bits per heavy atom. The number of nitrogens with one attached hydrogen (secondary N) is 1. The van der Waals surface area contributed by atoms with Gasteiger partial charge in [0.25, 0.3) is 0 Å². The van der Waals surface area contributed by atoms with Crippen molar-refractivity contribution in [3.8, 4) is 0 Å². The van der Waals surface area contributed by atoms with Crippen LogP contribution < -0.4 is 5.32 Å². The van der Waals surface area contributed by atoms with Crippen molar-refractivity contribution >= 4 is 17.2 Å². The Bertz CT molecular complexity index is 754. The van der Waals surface area contributed by atoms with Crippen LogP contribution in [0.4, 0.5) is 4.39 Å². The zero-order chi connectivity index (χ0) is 14.7. The summed E-state index contributed by atoms with van der Waals surface area (Å²) in [4.78, 5) is 4.49. The molecule has 2 heterocycles. The second-order valence-electron chi connectivity index (χ2n) is 4.90. The number of hydrogen-bond acceptors (Lipinski definition) is 2. The van der Waals surface area contributed by atoms with Crippen molar-refractivity contribution in [1.82, 2.24) is 14.7 Å². The predicted molar refractivity (Wildman–Crippen MR) is 82.0 cm³/mol. The van der Waals surface area contributed by atoms with Crippen LogP contribution in [0.1, 0.15) is 11.3 Å².